The molecule has 6 unspecified atom stereocenters. The zero-order valence-corrected chi connectivity index (χ0v) is 21.9. The molecule has 1 fully saturated rings. The van der Waals surface area contributed by atoms with E-state index < -0.39 is 61.7 Å². The second kappa shape index (κ2) is 12.1. The van der Waals surface area contributed by atoms with Crippen molar-refractivity contribution in [2.75, 3.05) is 13.2 Å². The molecule has 1 aromatic carbocycles. The first-order valence-electron chi connectivity index (χ1n) is 11.7. The van der Waals surface area contributed by atoms with Crippen molar-refractivity contribution in [3.63, 3.8) is 0 Å². The molecule has 1 aliphatic rings. The number of hydrogen-bond donors (Lipinski definition) is 4. The first-order valence-corrected chi connectivity index (χ1v) is 13.2. The molecule has 2 heterocycles. The Kier molecular flexibility index (Phi) is 9.32. The molecule has 38 heavy (non-hydrogen) atoms. The Labute approximate surface area is 218 Å². The van der Waals surface area contributed by atoms with Crippen molar-refractivity contribution in [3.8, 4) is 18.1 Å². The van der Waals surface area contributed by atoms with Crippen LogP contribution in [0.1, 0.15) is 27.0 Å². The molecule has 1 aliphatic heterocycles. The Hall–Kier alpha value is -3.24. The van der Waals surface area contributed by atoms with Crippen LogP contribution in [0.15, 0.2) is 52.2 Å². The number of H-pyrrole nitrogens is 1. The Balaban J connectivity index is 1.82. The van der Waals surface area contributed by atoms with Crippen molar-refractivity contribution in [1.29, 1.82) is 0 Å². The summed E-state index contributed by atoms with van der Waals surface area (Å²) < 4.78 is 36.3. The van der Waals surface area contributed by atoms with Gasteiger partial charge in [-0.05, 0) is 25.0 Å². The molecule has 1 saturated heterocycles. The van der Waals surface area contributed by atoms with Gasteiger partial charge in [0.1, 0.15) is 24.0 Å². The number of aromatic nitrogens is 2. The number of hydrogen-bond acceptors (Lipinski definition) is 10. The highest BCUT2D eigenvalue weighted by atomic mass is 31.2. The van der Waals surface area contributed by atoms with E-state index in [2.05, 4.69) is 5.09 Å². The summed E-state index contributed by atoms with van der Waals surface area (Å²) >= 11 is 0. The maximum absolute atomic E-state index is 13.7. The predicted octanol–water partition coefficient (Wildman–Crippen LogP) is 0.540. The smallest absolute Gasteiger partial charge is 0.459 e. The zero-order chi connectivity index (χ0) is 28.1. The average Bonchev–Trinajstić information content (AvgIpc) is 3.12. The topological polar surface area (TPSA) is 178 Å². The summed E-state index contributed by atoms with van der Waals surface area (Å²) in [5, 5.41) is 24.2. The number of carbonyl (C=O) groups is 1. The van der Waals surface area contributed by atoms with Gasteiger partial charge in [0.2, 0.25) is 0 Å². The van der Waals surface area contributed by atoms with Gasteiger partial charge >= 0.3 is 19.4 Å². The number of terminal acetylenes is 1. The molecule has 0 amide bonds. The van der Waals surface area contributed by atoms with Crippen molar-refractivity contribution < 1.29 is 38.1 Å². The minimum Gasteiger partial charge on any atom is -0.464 e. The van der Waals surface area contributed by atoms with E-state index in [1.165, 1.54) is 19.1 Å². The lowest BCUT2D eigenvalue weighted by atomic mass is 9.95. The first-order chi connectivity index (χ1) is 17.9. The summed E-state index contributed by atoms with van der Waals surface area (Å²) in [6.07, 6.45) is 1.66. The van der Waals surface area contributed by atoms with Crippen LogP contribution in [0.25, 0.3) is 0 Å². The van der Waals surface area contributed by atoms with E-state index in [0.29, 0.717) is 0 Å². The van der Waals surface area contributed by atoms with Crippen LogP contribution in [0.4, 0.5) is 0 Å². The molecule has 206 valence electrons. The van der Waals surface area contributed by atoms with Gasteiger partial charge in [-0.2, -0.15) is 5.09 Å². The van der Waals surface area contributed by atoms with Crippen molar-refractivity contribution in [2.24, 2.45) is 5.92 Å². The molecule has 3 rings (SSSR count). The van der Waals surface area contributed by atoms with Gasteiger partial charge in [-0.25, -0.2) is 9.36 Å². The molecule has 0 spiro atoms. The van der Waals surface area contributed by atoms with E-state index >= 15 is 0 Å². The maximum Gasteiger partial charge on any atom is 0.459 e. The van der Waals surface area contributed by atoms with Gasteiger partial charge in [-0.1, -0.05) is 38.0 Å². The number of carbonyl (C=O) groups excluding carboxylic acids is 1. The van der Waals surface area contributed by atoms with Crippen molar-refractivity contribution >= 4 is 13.7 Å². The number of ether oxygens (including phenoxy) is 2. The van der Waals surface area contributed by atoms with Crippen LogP contribution in [-0.4, -0.2) is 62.8 Å². The highest BCUT2D eigenvalue weighted by Gasteiger charge is 2.56. The Morgan fingerprint density at radius 3 is 2.58 bits per heavy atom. The molecule has 0 aliphatic carbocycles. The van der Waals surface area contributed by atoms with Crippen LogP contribution in [0.5, 0.6) is 5.75 Å². The van der Waals surface area contributed by atoms with Crippen LogP contribution in [-0.2, 0) is 23.4 Å². The zero-order valence-electron chi connectivity index (χ0n) is 21.0. The minimum absolute atomic E-state index is 0.0774. The van der Waals surface area contributed by atoms with E-state index in [1.807, 2.05) is 24.8 Å². The molecule has 0 saturated carbocycles. The summed E-state index contributed by atoms with van der Waals surface area (Å²) in [6, 6.07) is 7.87. The third kappa shape index (κ3) is 6.79. The number of aliphatic hydroxyl groups is 2. The third-order valence-electron chi connectivity index (χ3n) is 5.46. The molecule has 6 atom stereocenters. The first kappa shape index (κ1) is 29.3. The summed E-state index contributed by atoms with van der Waals surface area (Å²) in [4.78, 5) is 38.1. The number of aliphatic hydroxyl groups excluding tert-OH is 1. The fraction of sp³-hybridized carbons (Fsp3) is 0.458. The summed E-state index contributed by atoms with van der Waals surface area (Å²) in [6.45, 7) is 4.62. The number of aromatic amines is 1. The molecule has 1 aromatic heterocycles. The Morgan fingerprint density at radius 1 is 1.29 bits per heavy atom. The molecule has 4 N–H and O–H groups in total. The van der Waals surface area contributed by atoms with Gasteiger partial charge < -0.3 is 24.2 Å². The summed E-state index contributed by atoms with van der Waals surface area (Å²) in [7, 11) is -4.33. The van der Waals surface area contributed by atoms with E-state index in [-0.39, 0.29) is 18.3 Å². The quantitative estimate of drug-likeness (QED) is 0.174. The molecule has 2 aromatic rings. The number of esters is 1. The molecular weight excluding hydrogens is 521 g/mol. The van der Waals surface area contributed by atoms with E-state index in [0.717, 1.165) is 16.8 Å². The number of nitrogens with zero attached hydrogens (tertiary/aromatic N) is 1. The lowest BCUT2D eigenvalue weighted by Gasteiger charge is -2.26. The SMILES string of the molecule is C#CC1(O)C(O)C(COP(=O)(NC(C)C(=O)OCC(C)C)Oc2ccccc2)OC1n1ccc(=O)[nH]c1=O. The minimum atomic E-state index is -4.33. The number of rotatable bonds is 11. The van der Waals surface area contributed by atoms with Gasteiger partial charge in [0, 0.05) is 12.3 Å². The maximum atomic E-state index is 13.7. The Bertz CT molecular complexity index is 1320. The van der Waals surface area contributed by atoms with Crippen molar-refractivity contribution in [3.05, 3.63) is 63.4 Å². The van der Waals surface area contributed by atoms with Crippen molar-refractivity contribution in [2.45, 2.75) is 50.8 Å². The largest absolute Gasteiger partial charge is 0.464 e. The monoisotopic (exact) mass is 551 g/mol. The van der Waals surface area contributed by atoms with Gasteiger partial charge in [0.25, 0.3) is 5.56 Å². The van der Waals surface area contributed by atoms with Crippen LogP contribution < -0.4 is 20.9 Å². The van der Waals surface area contributed by atoms with E-state index in [1.54, 1.807) is 18.2 Å². The second-order valence-corrected chi connectivity index (χ2v) is 10.7. The van der Waals surface area contributed by atoms with Gasteiger partial charge in [-0.3, -0.25) is 23.7 Å². The number of para-hydroxylation sites is 1. The van der Waals surface area contributed by atoms with Gasteiger partial charge in [0.15, 0.2) is 11.8 Å². The normalized spacial score (nSPS) is 25.3. The lowest BCUT2D eigenvalue weighted by molar-refractivity contribution is -0.146. The van der Waals surface area contributed by atoms with Crippen LogP contribution in [0, 0.1) is 18.3 Å². The highest BCUT2D eigenvalue weighted by Crippen LogP contribution is 2.46. The highest BCUT2D eigenvalue weighted by molar-refractivity contribution is 7.52. The van der Waals surface area contributed by atoms with Gasteiger partial charge in [0.05, 0.1) is 13.2 Å². The number of benzene rings is 1. The second-order valence-electron chi connectivity index (χ2n) is 9.03. The van der Waals surface area contributed by atoms with Crippen LogP contribution in [0.2, 0.25) is 0 Å². The van der Waals surface area contributed by atoms with Crippen molar-refractivity contribution in [1.82, 2.24) is 14.6 Å². The molecule has 13 nitrogen and oxygen atoms in total. The van der Waals surface area contributed by atoms with E-state index in [9.17, 15) is 29.2 Å². The van der Waals surface area contributed by atoms with Crippen LogP contribution in [0.3, 0.4) is 0 Å². The average molecular weight is 551 g/mol. The summed E-state index contributed by atoms with van der Waals surface area (Å²) in [5.41, 5.74) is -4.06. The lowest BCUT2D eigenvalue weighted by Crippen LogP contribution is -2.48. The van der Waals surface area contributed by atoms with Crippen LogP contribution >= 0.6 is 7.75 Å². The molecule has 0 bridgehead atoms. The standard InChI is InChI=1S/C24H30N3O10P/c1-5-24(32)20(29)18(36-22(24)27-12-11-19(28)25-23(27)31)14-35-38(33,37-17-9-7-6-8-10-17)26-16(4)21(30)34-13-15(2)3/h1,6-12,15-16,18,20,22,29,32H,13-14H2,2-4H3,(H,26,33)(H,25,28,31). The predicted molar refractivity (Wildman–Crippen MR) is 134 cm³/mol. The third-order valence-corrected chi connectivity index (χ3v) is 7.10. The fourth-order valence-corrected chi connectivity index (χ4v) is 5.00. The molecule has 0 radical (unpaired) electrons. The van der Waals surface area contributed by atoms with E-state index in [4.69, 9.17) is 24.9 Å². The number of nitrogens with one attached hydrogen (secondary N) is 2. The molecule has 14 heteroatoms. The Morgan fingerprint density at radius 2 is 1.97 bits per heavy atom. The van der Waals surface area contributed by atoms with Gasteiger partial charge in [-0.15, -0.1) is 6.42 Å². The fourth-order valence-electron chi connectivity index (χ4n) is 3.50. The molecular formula is C24H30N3O10P. The summed E-state index contributed by atoms with van der Waals surface area (Å²) in [5.74, 6) is 1.54.